The molecule has 0 spiro atoms. The van der Waals surface area contributed by atoms with Crippen LogP contribution in [0.1, 0.15) is 6.42 Å². The molecule has 3 aliphatic carbocycles. The Bertz CT molecular complexity index is 1060. The van der Waals surface area contributed by atoms with E-state index in [1.165, 1.54) is 12.2 Å². The average molecular weight is 405 g/mol. The van der Waals surface area contributed by atoms with Gasteiger partial charge in [-0.2, -0.15) is 0 Å². The molecule has 4 rings (SSSR count). The second-order valence-corrected chi connectivity index (χ2v) is 7.48. The van der Waals surface area contributed by atoms with E-state index >= 15 is 0 Å². The van der Waals surface area contributed by atoms with E-state index in [9.17, 15) is 9.59 Å². The number of benzene rings is 1. The van der Waals surface area contributed by atoms with Gasteiger partial charge in [0.25, 0.3) is 0 Å². The van der Waals surface area contributed by atoms with Crippen molar-refractivity contribution in [3.05, 3.63) is 89.3 Å². The molecule has 0 fully saturated rings. The first kappa shape index (κ1) is 18.4. The molecule has 6 heteroatoms. The monoisotopic (exact) mass is 404 g/mol. The molecule has 3 aliphatic rings. The topological polar surface area (TPSA) is 58.2 Å². The zero-order chi connectivity index (χ0) is 19.7. The summed E-state index contributed by atoms with van der Waals surface area (Å²) in [4.78, 5) is 26.7. The number of rotatable bonds is 4. The lowest BCUT2D eigenvalue weighted by Crippen LogP contribution is -2.41. The number of carbonyl (C=O) groups is 2. The van der Waals surface area contributed by atoms with E-state index < -0.39 is 6.04 Å². The molecule has 0 aliphatic heterocycles. The summed E-state index contributed by atoms with van der Waals surface area (Å²) in [5, 5.41) is 6.51. The molecule has 0 saturated carbocycles. The second-order valence-electron chi connectivity index (χ2n) is 6.52. The molecule has 2 N–H and O–H groups in total. The molecular formula is C22H16N2O2S2. The fourth-order valence-corrected chi connectivity index (χ4v) is 3.84. The number of thiocarbonyl (C=S) groups is 2. The van der Waals surface area contributed by atoms with E-state index in [0.29, 0.717) is 28.1 Å². The maximum Gasteiger partial charge on any atom is 0.188 e. The molecule has 0 amide bonds. The minimum Gasteiger partial charge on any atom is -0.373 e. The fourth-order valence-electron chi connectivity index (χ4n) is 3.33. The minimum atomic E-state index is -0.550. The molecule has 28 heavy (non-hydrogen) atoms. The van der Waals surface area contributed by atoms with Crippen molar-refractivity contribution in [1.82, 2.24) is 5.32 Å². The first-order valence-corrected chi connectivity index (χ1v) is 9.61. The third-order valence-electron chi connectivity index (χ3n) is 4.65. The van der Waals surface area contributed by atoms with Crippen molar-refractivity contribution in [2.45, 2.75) is 12.5 Å². The Kier molecular flexibility index (Phi) is 4.98. The van der Waals surface area contributed by atoms with Crippen LogP contribution in [0.15, 0.2) is 89.3 Å². The number of allylic oxidation sites excluding steroid dienone is 7. The molecule has 0 aromatic heterocycles. The van der Waals surface area contributed by atoms with Gasteiger partial charge in [0.15, 0.2) is 11.6 Å². The summed E-state index contributed by atoms with van der Waals surface area (Å²) in [5.74, 6) is -0.452. The summed E-state index contributed by atoms with van der Waals surface area (Å²) in [6.45, 7) is 0. The van der Waals surface area contributed by atoms with Gasteiger partial charge < -0.3 is 10.6 Å². The predicted octanol–water partition coefficient (Wildman–Crippen LogP) is 3.54. The van der Waals surface area contributed by atoms with Crippen molar-refractivity contribution in [3.63, 3.8) is 0 Å². The summed E-state index contributed by atoms with van der Waals surface area (Å²) >= 11 is 11.0. The van der Waals surface area contributed by atoms with Gasteiger partial charge in [-0.05, 0) is 36.4 Å². The number of nitrogens with one attached hydrogen (secondary N) is 2. The lowest BCUT2D eigenvalue weighted by Gasteiger charge is -2.31. The Morgan fingerprint density at radius 1 is 0.964 bits per heavy atom. The molecule has 1 unspecified atom stereocenters. The summed E-state index contributed by atoms with van der Waals surface area (Å²) in [6, 6.07) is 8.93. The van der Waals surface area contributed by atoms with E-state index in [1.54, 1.807) is 6.08 Å². The predicted molar refractivity (Wildman–Crippen MR) is 118 cm³/mol. The van der Waals surface area contributed by atoms with Crippen LogP contribution in [-0.4, -0.2) is 27.3 Å². The van der Waals surface area contributed by atoms with Crippen LogP contribution in [0.4, 0.5) is 5.69 Å². The normalized spacial score (nSPS) is 21.4. The van der Waals surface area contributed by atoms with Gasteiger partial charge in [-0.1, -0.05) is 54.8 Å². The van der Waals surface area contributed by atoms with Gasteiger partial charge in [0, 0.05) is 27.4 Å². The Morgan fingerprint density at radius 3 is 2.46 bits per heavy atom. The Hall–Kier alpha value is -2.96. The smallest absolute Gasteiger partial charge is 0.188 e. The number of carbonyl (C=O) groups excluding carboxylic acids is 2. The van der Waals surface area contributed by atoms with Crippen molar-refractivity contribution >= 4 is 51.4 Å². The standard InChI is InChI=1S/C22H16N2O2S2/c25-16-10-11-17(26)21-20(16)15(24-14-8-4-5-9-18(14)27)12-19(28)22(21)23-13-6-2-1-3-7-13/h1-8,10-12,22-24H,9H2. The Labute approximate surface area is 173 Å². The zero-order valence-corrected chi connectivity index (χ0v) is 16.4. The van der Waals surface area contributed by atoms with Crippen LogP contribution >= 0.6 is 24.4 Å². The maximum absolute atomic E-state index is 12.7. The van der Waals surface area contributed by atoms with E-state index in [2.05, 4.69) is 10.6 Å². The number of para-hydroxylation sites is 1. The lowest BCUT2D eigenvalue weighted by atomic mass is 9.82. The van der Waals surface area contributed by atoms with Crippen LogP contribution in [0.5, 0.6) is 0 Å². The van der Waals surface area contributed by atoms with Crippen molar-refractivity contribution in [3.8, 4) is 0 Å². The van der Waals surface area contributed by atoms with Crippen molar-refractivity contribution in [2.24, 2.45) is 0 Å². The Morgan fingerprint density at radius 2 is 1.71 bits per heavy atom. The van der Waals surface area contributed by atoms with E-state index in [4.69, 9.17) is 24.4 Å². The van der Waals surface area contributed by atoms with Crippen LogP contribution < -0.4 is 10.6 Å². The highest BCUT2D eigenvalue weighted by molar-refractivity contribution is 7.81. The number of hydrogen-bond donors (Lipinski definition) is 2. The molecular weight excluding hydrogens is 388 g/mol. The van der Waals surface area contributed by atoms with Crippen molar-refractivity contribution in [2.75, 3.05) is 5.32 Å². The first-order chi connectivity index (χ1) is 13.5. The van der Waals surface area contributed by atoms with Gasteiger partial charge in [0.2, 0.25) is 0 Å². The highest BCUT2D eigenvalue weighted by atomic mass is 32.1. The number of ketones is 2. The minimum absolute atomic E-state index is 0.224. The average Bonchev–Trinajstić information content (AvgIpc) is 2.69. The van der Waals surface area contributed by atoms with Gasteiger partial charge in [0.05, 0.1) is 23.0 Å². The second kappa shape index (κ2) is 7.58. The van der Waals surface area contributed by atoms with Crippen LogP contribution in [0.3, 0.4) is 0 Å². The summed E-state index contributed by atoms with van der Waals surface area (Å²) in [5.41, 5.74) is 2.78. The van der Waals surface area contributed by atoms with Gasteiger partial charge in [-0.25, -0.2) is 0 Å². The number of hydrogen-bond acceptors (Lipinski definition) is 6. The number of anilines is 1. The van der Waals surface area contributed by atoms with Gasteiger partial charge in [-0.15, -0.1) is 0 Å². The Balaban J connectivity index is 1.74. The molecule has 0 bridgehead atoms. The quantitative estimate of drug-likeness (QED) is 0.591. The van der Waals surface area contributed by atoms with Crippen LogP contribution in [0.25, 0.3) is 0 Å². The molecule has 0 radical (unpaired) electrons. The fraction of sp³-hybridized carbons (Fsp3) is 0.0909. The molecule has 1 aromatic carbocycles. The third-order valence-corrected chi connectivity index (χ3v) is 5.39. The SMILES string of the molecule is O=C1C=CC(=O)C2=C1C(NC1=CC=CCC1=S)=CC(=S)C2Nc1ccccc1. The van der Waals surface area contributed by atoms with Crippen molar-refractivity contribution in [1.29, 1.82) is 0 Å². The summed E-state index contributed by atoms with van der Waals surface area (Å²) in [7, 11) is 0. The molecule has 1 aromatic rings. The third kappa shape index (κ3) is 3.44. The van der Waals surface area contributed by atoms with Crippen LogP contribution in [-0.2, 0) is 9.59 Å². The van der Waals surface area contributed by atoms with Gasteiger partial charge in [-0.3, -0.25) is 9.59 Å². The molecule has 0 heterocycles. The molecule has 1 atom stereocenters. The van der Waals surface area contributed by atoms with Gasteiger partial charge in [0.1, 0.15) is 0 Å². The van der Waals surface area contributed by atoms with Crippen LogP contribution in [0, 0.1) is 0 Å². The van der Waals surface area contributed by atoms with Crippen molar-refractivity contribution < 1.29 is 9.59 Å². The molecule has 4 nitrogen and oxygen atoms in total. The summed E-state index contributed by atoms with van der Waals surface area (Å²) in [6.07, 6.45) is 10.7. The zero-order valence-electron chi connectivity index (χ0n) is 14.8. The van der Waals surface area contributed by atoms with Gasteiger partial charge >= 0.3 is 0 Å². The van der Waals surface area contributed by atoms with E-state index in [1.807, 2.05) is 48.6 Å². The van der Waals surface area contributed by atoms with E-state index in [-0.39, 0.29) is 11.6 Å². The first-order valence-electron chi connectivity index (χ1n) is 8.80. The summed E-state index contributed by atoms with van der Waals surface area (Å²) < 4.78 is 0. The maximum atomic E-state index is 12.7. The van der Waals surface area contributed by atoms with Crippen LogP contribution in [0.2, 0.25) is 0 Å². The highest BCUT2D eigenvalue weighted by Gasteiger charge is 2.36. The van der Waals surface area contributed by atoms with E-state index in [0.717, 1.165) is 16.2 Å². The molecule has 0 saturated heterocycles. The molecule has 138 valence electrons. The largest absolute Gasteiger partial charge is 0.373 e. The highest BCUT2D eigenvalue weighted by Crippen LogP contribution is 2.31. The lowest BCUT2D eigenvalue weighted by molar-refractivity contribution is -0.115.